The Balaban J connectivity index is 2.25. The van der Waals surface area contributed by atoms with Gasteiger partial charge in [-0.15, -0.1) is 0 Å². The normalized spacial score (nSPS) is 19.3. The maximum Gasteiger partial charge on any atom is 0.234 e. The molecular formula is C13H26N2OS. The summed E-state index contributed by atoms with van der Waals surface area (Å²) in [6.45, 7) is 7.40. The molecule has 0 aromatic heterocycles. The van der Waals surface area contributed by atoms with Crippen LogP contribution >= 0.6 is 11.8 Å². The Bertz CT molecular complexity index is 255. The molecule has 1 saturated carbocycles. The summed E-state index contributed by atoms with van der Waals surface area (Å²) >= 11 is 1.95. The van der Waals surface area contributed by atoms with Crippen molar-refractivity contribution in [2.24, 2.45) is 0 Å². The Kier molecular flexibility index (Phi) is 5.32. The molecule has 3 nitrogen and oxygen atoms in total. The lowest BCUT2D eigenvalue weighted by Gasteiger charge is -2.27. The van der Waals surface area contributed by atoms with Crippen molar-refractivity contribution in [2.75, 3.05) is 19.3 Å². The van der Waals surface area contributed by atoms with Crippen LogP contribution in [0.15, 0.2) is 0 Å². The second-order valence-electron chi connectivity index (χ2n) is 6.00. The molecule has 1 amide bonds. The average molecular weight is 258 g/mol. The highest BCUT2D eigenvalue weighted by Crippen LogP contribution is 2.39. The van der Waals surface area contributed by atoms with E-state index in [1.807, 2.05) is 32.5 Å². The van der Waals surface area contributed by atoms with Crippen LogP contribution < -0.4 is 10.6 Å². The number of hydrogen-bond donors (Lipinski definition) is 2. The average Bonchev–Trinajstić information content (AvgIpc) is 2.64. The van der Waals surface area contributed by atoms with Crippen molar-refractivity contribution in [1.29, 1.82) is 0 Å². The molecule has 0 spiro atoms. The predicted molar refractivity (Wildman–Crippen MR) is 75.5 cm³/mol. The Morgan fingerprint density at radius 1 is 1.29 bits per heavy atom. The molecule has 0 radical (unpaired) electrons. The summed E-state index contributed by atoms with van der Waals surface area (Å²) in [7, 11) is 0. The van der Waals surface area contributed by atoms with E-state index in [-0.39, 0.29) is 11.4 Å². The molecule has 0 unspecified atom stereocenters. The van der Waals surface area contributed by atoms with E-state index in [1.165, 1.54) is 25.7 Å². The van der Waals surface area contributed by atoms with Crippen molar-refractivity contribution < 1.29 is 4.79 Å². The predicted octanol–water partition coefficient (Wildman–Crippen LogP) is 2.17. The number of thioether (sulfide) groups is 1. The standard InChI is InChI=1S/C13H26N2OS/c1-12(2,3)15-11(16)9-14-10-13(17-4)7-5-6-8-13/h14H,5-10H2,1-4H3,(H,15,16). The van der Waals surface area contributed by atoms with Crippen molar-refractivity contribution in [1.82, 2.24) is 10.6 Å². The molecule has 1 aliphatic rings. The van der Waals surface area contributed by atoms with Gasteiger partial charge in [0.1, 0.15) is 0 Å². The van der Waals surface area contributed by atoms with Crippen LogP contribution in [0, 0.1) is 0 Å². The van der Waals surface area contributed by atoms with Gasteiger partial charge >= 0.3 is 0 Å². The van der Waals surface area contributed by atoms with Gasteiger partial charge in [-0.25, -0.2) is 0 Å². The van der Waals surface area contributed by atoms with Crippen molar-refractivity contribution in [2.45, 2.75) is 56.7 Å². The zero-order valence-corrected chi connectivity index (χ0v) is 12.4. The smallest absolute Gasteiger partial charge is 0.234 e. The quantitative estimate of drug-likeness (QED) is 0.794. The summed E-state index contributed by atoms with van der Waals surface area (Å²) in [5.74, 6) is 0.0896. The molecule has 0 aliphatic heterocycles. The van der Waals surface area contributed by atoms with Crippen LogP contribution in [0.4, 0.5) is 0 Å². The Labute approximate surface area is 109 Å². The topological polar surface area (TPSA) is 41.1 Å². The first-order valence-corrected chi connectivity index (χ1v) is 7.66. The van der Waals surface area contributed by atoms with Gasteiger partial charge in [0.2, 0.25) is 5.91 Å². The molecule has 0 aromatic carbocycles. The van der Waals surface area contributed by atoms with E-state index < -0.39 is 0 Å². The molecule has 0 heterocycles. The van der Waals surface area contributed by atoms with Crippen molar-refractivity contribution in [3.05, 3.63) is 0 Å². The van der Waals surface area contributed by atoms with E-state index in [2.05, 4.69) is 16.9 Å². The minimum absolute atomic E-state index is 0.0896. The van der Waals surface area contributed by atoms with Gasteiger partial charge in [0.05, 0.1) is 6.54 Å². The SMILES string of the molecule is CSC1(CNCC(=O)NC(C)(C)C)CCCC1. The maximum atomic E-state index is 11.6. The third kappa shape index (κ3) is 5.30. The Morgan fingerprint density at radius 3 is 2.35 bits per heavy atom. The lowest BCUT2D eigenvalue weighted by molar-refractivity contribution is -0.121. The summed E-state index contributed by atoms with van der Waals surface area (Å²) in [6.07, 6.45) is 7.40. The van der Waals surface area contributed by atoms with Crippen molar-refractivity contribution >= 4 is 17.7 Å². The van der Waals surface area contributed by atoms with Gasteiger partial charge in [0.15, 0.2) is 0 Å². The molecule has 1 fully saturated rings. The Hall–Kier alpha value is -0.220. The molecule has 0 saturated heterocycles. The van der Waals surface area contributed by atoms with Crippen LogP contribution in [-0.4, -0.2) is 35.5 Å². The summed E-state index contributed by atoms with van der Waals surface area (Å²) in [5, 5.41) is 6.28. The number of amides is 1. The second kappa shape index (κ2) is 6.10. The molecule has 4 heteroatoms. The largest absolute Gasteiger partial charge is 0.350 e. The molecule has 17 heavy (non-hydrogen) atoms. The maximum absolute atomic E-state index is 11.6. The van der Waals surface area contributed by atoms with Crippen molar-refractivity contribution in [3.8, 4) is 0 Å². The number of carbonyl (C=O) groups excluding carboxylic acids is 1. The minimum atomic E-state index is -0.136. The van der Waals surface area contributed by atoms with Crippen LogP contribution in [0.2, 0.25) is 0 Å². The molecule has 100 valence electrons. The van der Waals surface area contributed by atoms with E-state index >= 15 is 0 Å². The summed E-state index contributed by atoms with van der Waals surface area (Å²) < 4.78 is 0.377. The monoisotopic (exact) mass is 258 g/mol. The van der Waals surface area contributed by atoms with Crippen LogP contribution in [0.5, 0.6) is 0 Å². The van der Waals surface area contributed by atoms with Gasteiger partial charge in [-0.05, 0) is 39.9 Å². The summed E-state index contributed by atoms with van der Waals surface area (Å²) in [6, 6.07) is 0. The lowest BCUT2D eigenvalue weighted by Crippen LogP contribution is -2.46. The van der Waals surface area contributed by atoms with Gasteiger partial charge in [-0.3, -0.25) is 4.79 Å². The van der Waals surface area contributed by atoms with Crippen molar-refractivity contribution in [3.63, 3.8) is 0 Å². The van der Waals surface area contributed by atoms with Gasteiger partial charge in [0.25, 0.3) is 0 Å². The zero-order valence-electron chi connectivity index (χ0n) is 11.6. The fourth-order valence-corrected chi connectivity index (χ4v) is 3.28. The van der Waals surface area contributed by atoms with Gasteiger partial charge in [0, 0.05) is 16.8 Å². The fraction of sp³-hybridized carbons (Fsp3) is 0.923. The molecule has 0 atom stereocenters. The molecule has 1 aliphatic carbocycles. The highest BCUT2D eigenvalue weighted by molar-refractivity contribution is 8.00. The highest BCUT2D eigenvalue weighted by Gasteiger charge is 2.32. The van der Waals surface area contributed by atoms with Crippen LogP contribution in [0.3, 0.4) is 0 Å². The van der Waals surface area contributed by atoms with Crippen LogP contribution in [0.25, 0.3) is 0 Å². The fourth-order valence-electron chi connectivity index (χ4n) is 2.34. The van der Waals surface area contributed by atoms with E-state index in [0.717, 1.165) is 6.54 Å². The van der Waals surface area contributed by atoms with Gasteiger partial charge in [-0.1, -0.05) is 12.8 Å². The van der Waals surface area contributed by atoms with Crippen LogP contribution in [-0.2, 0) is 4.79 Å². The molecule has 0 bridgehead atoms. The molecular weight excluding hydrogens is 232 g/mol. The molecule has 2 N–H and O–H groups in total. The Morgan fingerprint density at radius 2 is 1.88 bits per heavy atom. The van der Waals surface area contributed by atoms with Gasteiger partial charge in [-0.2, -0.15) is 11.8 Å². The first-order chi connectivity index (χ1) is 7.87. The van der Waals surface area contributed by atoms with E-state index in [9.17, 15) is 4.79 Å². The summed E-state index contributed by atoms with van der Waals surface area (Å²) in [4.78, 5) is 11.6. The summed E-state index contributed by atoms with van der Waals surface area (Å²) in [5.41, 5.74) is -0.136. The third-order valence-corrected chi connectivity index (χ3v) is 4.61. The second-order valence-corrected chi connectivity index (χ2v) is 7.27. The first kappa shape index (κ1) is 14.8. The number of rotatable bonds is 5. The zero-order chi connectivity index (χ0) is 12.9. The first-order valence-electron chi connectivity index (χ1n) is 6.44. The van der Waals surface area contributed by atoms with E-state index in [0.29, 0.717) is 11.3 Å². The minimum Gasteiger partial charge on any atom is -0.350 e. The number of carbonyl (C=O) groups is 1. The lowest BCUT2D eigenvalue weighted by atomic mass is 10.1. The van der Waals surface area contributed by atoms with Crippen LogP contribution in [0.1, 0.15) is 46.5 Å². The van der Waals surface area contributed by atoms with E-state index in [1.54, 1.807) is 0 Å². The number of nitrogens with one attached hydrogen (secondary N) is 2. The molecule has 0 aromatic rings. The molecule has 1 rings (SSSR count). The highest BCUT2D eigenvalue weighted by atomic mass is 32.2. The number of hydrogen-bond acceptors (Lipinski definition) is 3. The van der Waals surface area contributed by atoms with Gasteiger partial charge < -0.3 is 10.6 Å². The van der Waals surface area contributed by atoms with E-state index in [4.69, 9.17) is 0 Å². The third-order valence-electron chi connectivity index (χ3n) is 3.19.